The minimum atomic E-state index is -0.321. The van der Waals surface area contributed by atoms with Crippen molar-refractivity contribution in [2.75, 3.05) is 31.7 Å². The Bertz CT molecular complexity index is 288. The molecule has 2 saturated heterocycles. The third-order valence-electron chi connectivity index (χ3n) is 3.98. The van der Waals surface area contributed by atoms with E-state index in [0.717, 1.165) is 44.7 Å². The van der Waals surface area contributed by atoms with E-state index in [4.69, 9.17) is 10.5 Å². The number of amides is 1. The molecule has 0 unspecified atom stereocenters. The maximum Gasteiger partial charge on any atom is 0.239 e. The van der Waals surface area contributed by atoms with E-state index >= 15 is 0 Å². The van der Waals surface area contributed by atoms with Crippen molar-refractivity contribution in [2.45, 2.75) is 37.8 Å². The molecule has 0 aromatic carbocycles. The fourth-order valence-corrected chi connectivity index (χ4v) is 3.38. The van der Waals surface area contributed by atoms with Crippen LogP contribution in [0.25, 0.3) is 0 Å². The summed E-state index contributed by atoms with van der Waals surface area (Å²) in [6.07, 6.45) is 6.50. The Morgan fingerprint density at radius 3 is 3.17 bits per heavy atom. The lowest BCUT2D eigenvalue weighted by molar-refractivity contribution is -0.139. The summed E-state index contributed by atoms with van der Waals surface area (Å²) in [5, 5.41) is 0. The van der Waals surface area contributed by atoms with Crippen LogP contribution in [0.1, 0.15) is 25.7 Å². The molecule has 4 nitrogen and oxygen atoms in total. The smallest absolute Gasteiger partial charge is 0.239 e. The molecule has 0 aromatic heterocycles. The van der Waals surface area contributed by atoms with Gasteiger partial charge in [-0.25, -0.2) is 0 Å². The van der Waals surface area contributed by atoms with Crippen molar-refractivity contribution < 1.29 is 9.53 Å². The van der Waals surface area contributed by atoms with Crippen LogP contribution in [0.15, 0.2) is 0 Å². The Hall–Kier alpha value is -0.260. The van der Waals surface area contributed by atoms with Crippen LogP contribution < -0.4 is 5.73 Å². The van der Waals surface area contributed by atoms with Gasteiger partial charge in [0, 0.05) is 25.6 Å². The van der Waals surface area contributed by atoms with Crippen LogP contribution in [-0.4, -0.2) is 54.7 Å². The van der Waals surface area contributed by atoms with Crippen LogP contribution in [-0.2, 0) is 9.53 Å². The first kappa shape index (κ1) is 14.2. The van der Waals surface area contributed by atoms with Crippen LogP contribution in [0.5, 0.6) is 0 Å². The van der Waals surface area contributed by atoms with Gasteiger partial charge in [-0.15, -0.1) is 0 Å². The Labute approximate surface area is 114 Å². The van der Waals surface area contributed by atoms with Gasteiger partial charge in [-0.3, -0.25) is 4.79 Å². The van der Waals surface area contributed by atoms with Gasteiger partial charge in [0.25, 0.3) is 0 Å². The maximum atomic E-state index is 12.2. The summed E-state index contributed by atoms with van der Waals surface area (Å²) < 4.78 is 5.76. The second-order valence-corrected chi connectivity index (χ2v) is 6.26. The molecule has 2 fully saturated rings. The van der Waals surface area contributed by atoms with Gasteiger partial charge >= 0.3 is 0 Å². The lowest BCUT2D eigenvalue weighted by Gasteiger charge is -2.41. The Morgan fingerprint density at radius 1 is 1.56 bits per heavy atom. The molecule has 104 valence electrons. The SMILES string of the molecule is CSCC[C@H](N)C(=O)N1CC[C@@H]2OCCC[C@@H]2C1. The predicted molar refractivity (Wildman–Crippen MR) is 74.6 cm³/mol. The number of hydrogen-bond donors (Lipinski definition) is 1. The predicted octanol–water partition coefficient (Wildman–Crippen LogP) is 1.09. The largest absolute Gasteiger partial charge is 0.378 e. The lowest BCUT2D eigenvalue weighted by atomic mass is 9.88. The fraction of sp³-hybridized carbons (Fsp3) is 0.923. The summed E-state index contributed by atoms with van der Waals surface area (Å²) in [6, 6.07) is -0.321. The minimum absolute atomic E-state index is 0.132. The average molecular weight is 272 g/mol. The third-order valence-corrected chi connectivity index (χ3v) is 4.62. The van der Waals surface area contributed by atoms with E-state index in [1.165, 1.54) is 6.42 Å². The molecular formula is C13H24N2O2S. The molecule has 2 aliphatic rings. The molecule has 5 heteroatoms. The van der Waals surface area contributed by atoms with E-state index in [-0.39, 0.29) is 11.9 Å². The Kier molecular flexibility index (Phi) is 5.33. The van der Waals surface area contributed by atoms with E-state index in [1.807, 2.05) is 11.2 Å². The van der Waals surface area contributed by atoms with Crippen molar-refractivity contribution in [3.63, 3.8) is 0 Å². The van der Waals surface area contributed by atoms with Crippen molar-refractivity contribution >= 4 is 17.7 Å². The third kappa shape index (κ3) is 3.39. The van der Waals surface area contributed by atoms with Gasteiger partial charge in [-0.2, -0.15) is 11.8 Å². The minimum Gasteiger partial charge on any atom is -0.378 e. The van der Waals surface area contributed by atoms with Crippen molar-refractivity contribution in [1.82, 2.24) is 4.90 Å². The molecule has 2 rings (SSSR count). The number of likely N-dealkylation sites (tertiary alicyclic amines) is 1. The lowest BCUT2D eigenvalue weighted by Crippen LogP contribution is -2.52. The summed E-state index contributed by atoms with van der Waals surface area (Å²) in [7, 11) is 0. The summed E-state index contributed by atoms with van der Waals surface area (Å²) in [5.41, 5.74) is 5.97. The summed E-state index contributed by atoms with van der Waals surface area (Å²) in [5.74, 6) is 1.62. The maximum absolute atomic E-state index is 12.2. The molecule has 0 radical (unpaired) electrons. The average Bonchev–Trinajstić information content (AvgIpc) is 2.43. The van der Waals surface area contributed by atoms with E-state index in [2.05, 4.69) is 0 Å². The van der Waals surface area contributed by atoms with Crippen LogP contribution in [0.3, 0.4) is 0 Å². The van der Waals surface area contributed by atoms with E-state index in [1.54, 1.807) is 11.8 Å². The number of hydrogen-bond acceptors (Lipinski definition) is 4. The molecule has 2 aliphatic heterocycles. The van der Waals surface area contributed by atoms with Crippen LogP contribution >= 0.6 is 11.8 Å². The molecule has 0 aliphatic carbocycles. The van der Waals surface area contributed by atoms with Crippen molar-refractivity contribution in [1.29, 1.82) is 0 Å². The van der Waals surface area contributed by atoms with Crippen LogP contribution in [0.4, 0.5) is 0 Å². The normalized spacial score (nSPS) is 29.8. The Morgan fingerprint density at radius 2 is 2.39 bits per heavy atom. The number of ether oxygens (including phenoxy) is 1. The first-order chi connectivity index (χ1) is 8.72. The highest BCUT2D eigenvalue weighted by Crippen LogP contribution is 2.28. The van der Waals surface area contributed by atoms with Crippen molar-refractivity contribution in [2.24, 2.45) is 11.7 Å². The van der Waals surface area contributed by atoms with Crippen LogP contribution in [0.2, 0.25) is 0 Å². The molecule has 2 heterocycles. The monoisotopic (exact) mass is 272 g/mol. The number of thioether (sulfide) groups is 1. The highest BCUT2D eigenvalue weighted by atomic mass is 32.2. The molecule has 0 aromatic rings. The number of fused-ring (bicyclic) bond motifs is 1. The highest BCUT2D eigenvalue weighted by molar-refractivity contribution is 7.98. The summed E-state index contributed by atoms with van der Waals surface area (Å²) >= 11 is 1.74. The first-order valence-corrected chi connectivity index (χ1v) is 8.26. The van der Waals surface area contributed by atoms with Gasteiger partial charge in [0.1, 0.15) is 0 Å². The topological polar surface area (TPSA) is 55.6 Å². The summed E-state index contributed by atoms with van der Waals surface area (Å²) in [6.45, 7) is 2.55. The van der Waals surface area contributed by atoms with Crippen molar-refractivity contribution in [3.8, 4) is 0 Å². The molecular weight excluding hydrogens is 248 g/mol. The molecule has 0 saturated carbocycles. The van der Waals surface area contributed by atoms with Gasteiger partial charge in [-0.05, 0) is 37.7 Å². The standard InChI is InChI=1S/C13H24N2O2S/c1-18-8-5-11(14)13(16)15-6-4-12-10(9-15)3-2-7-17-12/h10-12H,2-9,14H2,1H3/t10-,11+,12+/m1/s1. The zero-order chi connectivity index (χ0) is 13.0. The number of rotatable bonds is 4. The summed E-state index contributed by atoms with van der Waals surface area (Å²) in [4.78, 5) is 14.2. The van der Waals surface area contributed by atoms with Gasteiger partial charge in [0.15, 0.2) is 0 Å². The number of carbonyl (C=O) groups is 1. The molecule has 0 bridgehead atoms. The van der Waals surface area contributed by atoms with Crippen molar-refractivity contribution in [3.05, 3.63) is 0 Å². The Balaban J connectivity index is 1.84. The van der Waals surface area contributed by atoms with E-state index in [9.17, 15) is 4.79 Å². The molecule has 3 atom stereocenters. The molecule has 0 spiro atoms. The molecule has 2 N–H and O–H groups in total. The number of piperidine rings is 1. The zero-order valence-electron chi connectivity index (χ0n) is 11.1. The van der Waals surface area contributed by atoms with Gasteiger partial charge in [0.2, 0.25) is 5.91 Å². The van der Waals surface area contributed by atoms with Gasteiger partial charge < -0.3 is 15.4 Å². The number of nitrogens with two attached hydrogens (primary N) is 1. The van der Waals surface area contributed by atoms with E-state index < -0.39 is 0 Å². The number of nitrogens with zero attached hydrogens (tertiary/aromatic N) is 1. The molecule has 1 amide bonds. The van der Waals surface area contributed by atoms with Crippen LogP contribution in [0, 0.1) is 5.92 Å². The zero-order valence-corrected chi connectivity index (χ0v) is 12.0. The molecule has 18 heavy (non-hydrogen) atoms. The second kappa shape index (κ2) is 6.78. The van der Waals surface area contributed by atoms with Gasteiger partial charge in [0.05, 0.1) is 12.1 Å². The van der Waals surface area contributed by atoms with Gasteiger partial charge in [-0.1, -0.05) is 0 Å². The number of carbonyl (C=O) groups excluding carboxylic acids is 1. The highest BCUT2D eigenvalue weighted by Gasteiger charge is 2.34. The fourth-order valence-electron chi connectivity index (χ4n) is 2.89. The first-order valence-electron chi connectivity index (χ1n) is 6.87. The quantitative estimate of drug-likeness (QED) is 0.832. The second-order valence-electron chi connectivity index (χ2n) is 5.27. The van der Waals surface area contributed by atoms with E-state index in [0.29, 0.717) is 12.0 Å².